The molecule has 0 radical (unpaired) electrons. The molecule has 17 heavy (non-hydrogen) atoms. The molecule has 1 aromatic carbocycles. The van der Waals surface area contributed by atoms with Crippen LogP contribution in [-0.2, 0) is 6.54 Å². The molecule has 0 aliphatic heterocycles. The van der Waals surface area contributed by atoms with Gasteiger partial charge in [-0.25, -0.2) is 9.97 Å². The molecule has 86 valence electrons. The number of nitrogens with zero attached hydrogens (tertiary/aromatic N) is 2. The number of benzene rings is 1. The molecular weight excluding hydrogens is 329 g/mol. The number of aromatic nitrogens is 2. The number of hydrogen-bond acceptors (Lipinski definition) is 3. The van der Waals surface area contributed by atoms with E-state index in [0.717, 1.165) is 3.57 Å². The van der Waals surface area contributed by atoms with Gasteiger partial charge >= 0.3 is 0 Å². The van der Waals surface area contributed by atoms with Crippen molar-refractivity contribution >= 4 is 28.5 Å². The monoisotopic (exact) mass is 339 g/mol. The Morgan fingerprint density at radius 3 is 2.71 bits per heavy atom. The second-order valence-corrected chi connectivity index (χ2v) is 4.60. The summed E-state index contributed by atoms with van der Waals surface area (Å²) in [6, 6.07) is 9.16. The van der Waals surface area contributed by atoms with Crippen LogP contribution in [0.2, 0.25) is 0 Å². The van der Waals surface area contributed by atoms with Gasteiger partial charge in [0.15, 0.2) is 0 Å². The summed E-state index contributed by atoms with van der Waals surface area (Å²) in [4.78, 5) is 19.9. The zero-order valence-corrected chi connectivity index (χ0v) is 11.1. The summed E-state index contributed by atoms with van der Waals surface area (Å²) >= 11 is 2.17. The molecule has 4 nitrogen and oxygen atoms in total. The summed E-state index contributed by atoms with van der Waals surface area (Å²) in [7, 11) is 0. The van der Waals surface area contributed by atoms with Crippen LogP contribution in [0.3, 0.4) is 0 Å². The highest BCUT2D eigenvalue weighted by atomic mass is 127. The molecule has 0 saturated heterocycles. The normalized spacial score (nSPS) is 9.94. The van der Waals surface area contributed by atoms with Gasteiger partial charge in [-0.2, -0.15) is 0 Å². The van der Waals surface area contributed by atoms with Crippen molar-refractivity contribution in [1.82, 2.24) is 15.3 Å². The Labute approximate surface area is 113 Å². The third kappa shape index (κ3) is 3.48. The van der Waals surface area contributed by atoms with Gasteiger partial charge in [0, 0.05) is 21.5 Å². The molecule has 1 heterocycles. The molecule has 0 bridgehead atoms. The third-order valence-corrected chi connectivity index (χ3v) is 2.78. The Kier molecular flexibility index (Phi) is 4.03. The second kappa shape index (κ2) is 5.72. The van der Waals surface area contributed by atoms with Gasteiger partial charge in [0.05, 0.1) is 6.54 Å². The molecule has 0 saturated carbocycles. The van der Waals surface area contributed by atoms with Gasteiger partial charge in [0.25, 0.3) is 5.91 Å². The van der Waals surface area contributed by atoms with Crippen molar-refractivity contribution in [3.8, 4) is 0 Å². The minimum atomic E-state index is -0.115. The molecule has 0 aliphatic carbocycles. The summed E-state index contributed by atoms with van der Waals surface area (Å²) in [5.74, 6) is 0.488. The molecule has 2 rings (SSSR count). The number of hydrogen-bond donors (Lipinski definition) is 1. The fourth-order valence-corrected chi connectivity index (χ4v) is 1.86. The Hall–Kier alpha value is -1.50. The third-order valence-electron chi connectivity index (χ3n) is 2.11. The van der Waals surface area contributed by atoms with Crippen LogP contribution in [0.5, 0.6) is 0 Å². The minimum Gasteiger partial charge on any atom is -0.345 e. The lowest BCUT2D eigenvalue weighted by molar-refractivity contribution is 0.0950. The molecule has 1 aromatic heterocycles. The maximum absolute atomic E-state index is 11.8. The molecule has 1 amide bonds. The first-order chi connectivity index (χ1) is 8.25. The van der Waals surface area contributed by atoms with Crippen molar-refractivity contribution in [2.24, 2.45) is 0 Å². The summed E-state index contributed by atoms with van der Waals surface area (Å²) in [5.41, 5.74) is 0.646. The second-order valence-electron chi connectivity index (χ2n) is 3.36. The predicted octanol–water partition coefficient (Wildman–Crippen LogP) is 2.01. The van der Waals surface area contributed by atoms with E-state index in [4.69, 9.17) is 0 Å². The zero-order chi connectivity index (χ0) is 12.1. The number of carbonyl (C=O) groups excluding carboxylic acids is 1. The topological polar surface area (TPSA) is 54.9 Å². The van der Waals surface area contributed by atoms with Gasteiger partial charge < -0.3 is 5.32 Å². The lowest BCUT2D eigenvalue weighted by Crippen LogP contribution is -2.23. The Bertz CT molecular complexity index is 516. The van der Waals surface area contributed by atoms with Crippen LogP contribution in [0.15, 0.2) is 42.7 Å². The predicted molar refractivity (Wildman–Crippen MR) is 72.4 cm³/mol. The number of amides is 1. The summed E-state index contributed by atoms with van der Waals surface area (Å²) < 4.78 is 1.03. The highest BCUT2D eigenvalue weighted by Crippen LogP contribution is 2.07. The highest BCUT2D eigenvalue weighted by Gasteiger charge is 2.05. The van der Waals surface area contributed by atoms with Crippen LogP contribution < -0.4 is 5.32 Å². The molecule has 0 spiro atoms. The van der Waals surface area contributed by atoms with E-state index in [1.165, 1.54) is 0 Å². The van der Waals surface area contributed by atoms with Crippen molar-refractivity contribution in [1.29, 1.82) is 0 Å². The van der Waals surface area contributed by atoms with Crippen LogP contribution in [0.4, 0.5) is 0 Å². The van der Waals surface area contributed by atoms with E-state index in [0.29, 0.717) is 17.9 Å². The molecule has 1 N–H and O–H groups in total. The van der Waals surface area contributed by atoms with E-state index in [-0.39, 0.29) is 5.91 Å². The van der Waals surface area contributed by atoms with Gasteiger partial charge in [0.1, 0.15) is 5.82 Å². The number of halogens is 1. The highest BCUT2D eigenvalue weighted by molar-refractivity contribution is 14.1. The van der Waals surface area contributed by atoms with Crippen molar-refractivity contribution in [2.75, 3.05) is 0 Å². The van der Waals surface area contributed by atoms with Crippen molar-refractivity contribution < 1.29 is 4.79 Å². The van der Waals surface area contributed by atoms with E-state index in [1.807, 2.05) is 18.2 Å². The van der Waals surface area contributed by atoms with E-state index < -0.39 is 0 Å². The van der Waals surface area contributed by atoms with Gasteiger partial charge in [-0.3, -0.25) is 4.79 Å². The van der Waals surface area contributed by atoms with Crippen LogP contribution >= 0.6 is 22.6 Å². The molecule has 0 atom stereocenters. The average Bonchev–Trinajstić information content (AvgIpc) is 2.37. The van der Waals surface area contributed by atoms with Gasteiger partial charge in [0.2, 0.25) is 0 Å². The maximum atomic E-state index is 11.8. The number of carbonyl (C=O) groups is 1. The van der Waals surface area contributed by atoms with Gasteiger partial charge in [-0.05, 0) is 46.9 Å². The van der Waals surface area contributed by atoms with Crippen LogP contribution in [0.1, 0.15) is 16.2 Å². The molecule has 2 aromatic rings. The first-order valence-electron chi connectivity index (χ1n) is 5.05. The van der Waals surface area contributed by atoms with E-state index in [1.54, 1.807) is 24.5 Å². The van der Waals surface area contributed by atoms with Crippen molar-refractivity contribution in [2.45, 2.75) is 6.54 Å². The first kappa shape index (κ1) is 12.0. The molecule has 5 heteroatoms. The number of rotatable bonds is 3. The molecule has 0 unspecified atom stereocenters. The summed E-state index contributed by atoms with van der Waals surface area (Å²) in [6.45, 7) is 0.338. The van der Waals surface area contributed by atoms with Gasteiger partial charge in [-0.1, -0.05) is 6.07 Å². The lowest BCUT2D eigenvalue weighted by Gasteiger charge is -2.04. The van der Waals surface area contributed by atoms with Crippen LogP contribution in [0.25, 0.3) is 0 Å². The Balaban J connectivity index is 1.98. The first-order valence-corrected chi connectivity index (χ1v) is 6.13. The van der Waals surface area contributed by atoms with E-state index in [2.05, 4.69) is 37.9 Å². The van der Waals surface area contributed by atoms with Crippen LogP contribution in [0, 0.1) is 3.57 Å². The summed E-state index contributed by atoms with van der Waals surface area (Å²) in [5, 5.41) is 2.78. The maximum Gasteiger partial charge on any atom is 0.251 e. The molecule has 0 aliphatic rings. The average molecular weight is 339 g/mol. The largest absolute Gasteiger partial charge is 0.345 e. The fourth-order valence-electron chi connectivity index (χ4n) is 1.31. The van der Waals surface area contributed by atoms with Crippen molar-refractivity contribution in [3.05, 3.63) is 57.7 Å². The Morgan fingerprint density at radius 1 is 1.24 bits per heavy atom. The van der Waals surface area contributed by atoms with Crippen LogP contribution in [-0.4, -0.2) is 15.9 Å². The van der Waals surface area contributed by atoms with Crippen molar-refractivity contribution in [3.63, 3.8) is 0 Å². The zero-order valence-electron chi connectivity index (χ0n) is 8.93. The minimum absolute atomic E-state index is 0.115. The standard InChI is InChI=1S/C12H10IN3O/c13-10-4-1-3-9(7-10)12(17)16-8-11-14-5-2-6-15-11/h1-7H,8H2,(H,16,17). The van der Waals surface area contributed by atoms with E-state index >= 15 is 0 Å². The van der Waals surface area contributed by atoms with E-state index in [9.17, 15) is 4.79 Å². The quantitative estimate of drug-likeness (QED) is 0.871. The van der Waals surface area contributed by atoms with Gasteiger partial charge in [-0.15, -0.1) is 0 Å². The fraction of sp³-hybridized carbons (Fsp3) is 0.0833. The number of nitrogens with one attached hydrogen (secondary N) is 1. The SMILES string of the molecule is O=C(NCc1ncccn1)c1cccc(I)c1. The molecular formula is C12H10IN3O. The smallest absolute Gasteiger partial charge is 0.251 e. The summed E-state index contributed by atoms with van der Waals surface area (Å²) in [6.07, 6.45) is 3.31. The lowest BCUT2D eigenvalue weighted by atomic mass is 10.2. The Morgan fingerprint density at radius 2 is 2.00 bits per heavy atom. The molecule has 0 fully saturated rings.